The highest BCUT2D eigenvalue weighted by Gasteiger charge is 2.16. The number of anilines is 1. The average Bonchev–Trinajstić information content (AvgIpc) is 3.18. The summed E-state index contributed by atoms with van der Waals surface area (Å²) in [7, 11) is 1.83. The molecule has 0 atom stereocenters. The zero-order valence-corrected chi connectivity index (χ0v) is 17.1. The average molecular weight is 412 g/mol. The highest BCUT2D eigenvalue weighted by atomic mass is 16.5. The Bertz CT molecular complexity index is 1460. The zero-order chi connectivity index (χ0) is 21.4. The van der Waals surface area contributed by atoms with Crippen LogP contribution in [0.3, 0.4) is 0 Å². The molecule has 0 fully saturated rings. The molecule has 5 rings (SSSR count). The minimum atomic E-state index is -0.227. The van der Waals surface area contributed by atoms with Crippen LogP contribution in [0.2, 0.25) is 0 Å². The lowest BCUT2D eigenvalue weighted by molar-refractivity contribution is 0.344. The predicted octanol–water partition coefficient (Wildman–Crippen LogP) is 3.97. The lowest BCUT2D eigenvalue weighted by Gasteiger charge is -2.14. The van der Waals surface area contributed by atoms with Crippen LogP contribution >= 0.6 is 0 Å². The Balaban J connectivity index is 1.74. The summed E-state index contributed by atoms with van der Waals surface area (Å²) in [6, 6.07) is 13.6. The van der Waals surface area contributed by atoms with E-state index in [1.807, 2.05) is 56.4 Å². The number of nitrogens with one attached hydrogen (secondary N) is 3. The molecule has 0 amide bonds. The minimum absolute atomic E-state index is 0.227. The van der Waals surface area contributed by atoms with Crippen LogP contribution in [0, 0.1) is 0 Å². The topological polar surface area (TPSA) is 109 Å². The van der Waals surface area contributed by atoms with Gasteiger partial charge in [0, 0.05) is 30.4 Å². The second-order valence-electron chi connectivity index (χ2n) is 7.03. The van der Waals surface area contributed by atoms with E-state index in [2.05, 4.69) is 20.3 Å². The van der Waals surface area contributed by atoms with Crippen LogP contribution in [0.4, 0.5) is 5.82 Å². The Morgan fingerprint density at radius 2 is 1.87 bits per heavy atom. The molecule has 0 saturated heterocycles. The van der Waals surface area contributed by atoms with E-state index in [0.717, 1.165) is 38.6 Å². The first-order chi connectivity index (χ1) is 15.2. The Morgan fingerprint density at radius 1 is 1.00 bits per heavy atom. The molecule has 0 aliphatic heterocycles. The van der Waals surface area contributed by atoms with E-state index in [-0.39, 0.29) is 5.69 Å². The summed E-state index contributed by atoms with van der Waals surface area (Å²) in [5.41, 5.74) is 4.72. The molecule has 0 aliphatic rings. The summed E-state index contributed by atoms with van der Waals surface area (Å²) in [5.74, 6) is 1.94. The normalized spacial score (nSPS) is 11.2. The fourth-order valence-electron chi connectivity index (χ4n) is 3.66. The molecular weight excluding hydrogens is 392 g/mol. The number of rotatable bonds is 5. The molecule has 2 aromatic carbocycles. The van der Waals surface area contributed by atoms with E-state index in [4.69, 9.17) is 14.7 Å². The standard InChI is InChI=1S/C23H20N6O2/c1-3-31-19-11-15(13-6-7-17-18(10-13)27-23(30)26-17)9-16-20(19)28-21(29-22(16)24-2)14-5-4-8-25-12-14/h4-12H,3H2,1-2H3,(H,24,28,29)(H2,26,27,30). The van der Waals surface area contributed by atoms with Crippen molar-refractivity contribution in [1.29, 1.82) is 0 Å². The molecule has 3 N–H and O–H groups in total. The van der Waals surface area contributed by atoms with Crippen LogP contribution in [-0.4, -0.2) is 38.6 Å². The number of benzene rings is 2. The fourth-order valence-corrected chi connectivity index (χ4v) is 3.66. The quantitative estimate of drug-likeness (QED) is 0.403. The molecule has 3 heterocycles. The monoisotopic (exact) mass is 412 g/mol. The fraction of sp³-hybridized carbons (Fsp3) is 0.130. The van der Waals surface area contributed by atoms with Crippen molar-refractivity contribution in [1.82, 2.24) is 24.9 Å². The van der Waals surface area contributed by atoms with Gasteiger partial charge in [0.05, 0.1) is 17.6 Å². The molecule has 0 spiro atoms. The first kappa shape index (κ1) is 18.8. The maximum absolute atomic E-state index is 11.6. The van der Waals surface area contributed by atoms with Gasteiger partial charge in [-0.15, -0.1) is 0 Å². The lowest BCUT2D eigenvalue weighted by Crippen LogP contribution is -2.02. The molecule has 0 saturated carbocycles. The largest absolute Gasteiger partial charge is 0.492 e. The number of hydrogen-bond donors (Lipinski definition) is 3. The van der Waals surface area contributed by atoms with Crippen molar-refractivity contribution >= 4 is 27.8 Å². The zero-order valence-electron chi connectivity index (χ0n) is 17.1. The molecule has 0 bridgehead atoms. The Kier molecular flexibility index (Phi) is 4.59. The molecule has 154 valence electrons. The molecule has 31 heavy (non-hydrogen) atoms. The molecule has 0 aliphatic carbocycles. The molecule has 0 radical (unpaired) electrons. The van der Waals surface area contributed by atoms with E-state index < -0.39 is 0 Å². The van der Waals surface area contributed by atoms with Gasteiger partial charge in [-0.3, -0.25) is 4.98 Å². The third-order valence-electron chi connectivity index (χ3n) is 5.07. The van der Waals surface area contributed by atoms with Crippen molar-refractivity contribution in [2.45, 2.75) is 6.92 Å². The lowest BCUT2D eigenvalue weighted by atomic mass is 10.0. The van der Waals surface area contributed by atoms with E-state index in [1.54, 1.807) is 12.4 Å². The SMILES string of the molecule is CCOc1cc(-c2ccc3[nH]c(=O)[nH]c3c2)cc2c(NC)nc(-c3cccnc3)nc12. The third-order valence-corrected chi connectivity index (χ3v) is 5.07. The number of aromatic amines is 2. The summed E-state index contributed by atoms with van der Waals surface area (Å²) >= 11 is 0. The van der Waals surface area contributed by atoms with Crippen molar-refractivity contribution in [3.8, 4) is 28.3 Å². The number of nitrogens with zero attached hydrogens (tertiary/aromatic N) is 3. The molecule has 5 aromatic rings. The van der Waals surface area contributed by atoms with Gasteiger partial charge in [-0.05, 0) is 54.4 Å². The first-order valence-corrected chi connectivity index (χ1v) is 9.95. The van der Waals surface area contributed by atoms with Gasteiger partial charge in [0.2, 0.25) is 0 Å². The van der Waals surface area contributed by atoms with Gasteiger partial charge in [-0.1, -0.05) is 6.07 Å². The Hall–Kier alpha value is -4.20. The predicted molar refractivity (Wildman–Crippen MR) is 121 cm³/mol. The highest BCUT2D eigenvalue weighted by Crippen LogP contribution is 2.36. The molecule has 8 nitrogen and oxygen atoms in total. The second kappa shape index (κ2) is 7.56. The van der Waals surface area contributed by atoms with Crippen molar-refractivity contribution in [3.63, 3.8) is 0 Å². The summed E-state index contributed by atoms with van der Waals surface area (Å²) in [4.78, 5) is 30.9. The number of pyridine rings is 1. The molecule has 0 unspecified atom stereocenters. The van der Waals surface area contributed by atoms with Crippen molar-refractivity contribution in [2.24, 2.45) is 0 Å². The number of hydrogen-bond acceptors (Lipinski definition) is 6. The van der Waals surface area contributed by atoms with Crippen molar-refractivity contribution < 1.29 is 4.74 Å². The van der Waals surface area contributed by atoms with Crippen molar-refractivity contribution in [2.75, 3.05) is 19.0 Å². The van der Waals surface area contributed by atoms with Crippen LogP contribution in [0.25, 0.3) is 44.5 Å². The van der Waals surface area contributed by atoms with Gasteiger partial charge < -0.3 is 20.0 Å². The van der Waals surface area contributed by atoms with Crippen LogP contribution < -0.4 is 15.7 Å². The molecular formula is C23H20N6O2. The summed E-state index contributed by atoms with van der Waals surface area (Å²) < 4.78 is 5.97. The number of fused-ring (bicyclic) bond motifs is 2. The Labute approximate surface area is 177 Å². The smallest absolute Gasteiger partial charge is 0.323 e. The van der Waals surface area contributed by atoms with E-state index in [0.29, 0.717) is 24.0 Å². The van der Waals surface area contributed by atoms with Crippen LogP contribution in [0.5, 0.6) is 5.75 Å². The minimum Gasteiger partial charge on any atom is -0.492 e. The molecule has 8 heteroatoms. The highest BCUT2D eigenvalue weighted by molar-refractivity contribution is 5.98. The van der Waals surface area contributed by atoms with Gasteiger partial charge in [0.25, 0.3) is 0 Å². The van der Waals surface area contributed by atoms with Gasteiger partial charge >= 0.3 is 5.69 Å². The van der Waals surface area contributed by atoms with Crippen LogP contribution in [0.15, 0.2) is 59.7 Å². The van der Waals surface area contributed by atoms with E-state index in [9.17, 15) is 4.79 Å². The van der Waals surface area contributed by atoms with E-state index >= 15 is 0 Å². The van der Waals surface area contributed by atoms with E-state index in [1.165, 1.54) is 0 Å². The number of imidazole rings is 1. The third kappa shape index (κ3) is 3.38. The van der Waals surface area contributed by atoms with Crippen molar-refractivity contribution in [3.05, 3.63) is 65.3 Å². The maximum atomic E-state index is 11.6. The number of ether oxygens (including phenoxy) is 1. The van der Waals surface area contributed by atoms with Gasteiger partial charge in [-0.2, -0.15) is 0 Å². The molecule has 3 aromatic heterocycles. The second-order valence-corrected chi connectivity index (χ2v) is 7.03. The van der Waals surface area contributed by atoms with Gasteiger partial charge in [0.1, 0.15) is 17.1 Å². The summed E-state index contributed by atoms with van der Waals surface area (Å²) in [6.45, 7) is 2.45. The Morgan fingerprint density at radius 3 is 2.65 bits per heavy atom. The first-order valence-electron chi connectivity index (χ1n) is 9.95. The maximum Gasteiger partial charge on any atom is 0.323 e. The van der Waals surface area contributed by atoms with Gasteiger partial charge in [-0.25, -0.2) is 14.8 Å². The van der Waals surface area contributed by atoms with Gasteiger partial charge in [0.15, 0.2) is 5.82 Å². The summed E-state index contributed by atoms with van der Waals surface area (Å²) in [6.07, 6.45) is 3.46. The summed E-state index contributed by atoms with van der Waals surface area (Å²) in [5, 5.41) is 4.03. The van der Waals surface area contributed by atoms with Crippen LogP contribution in [0.1, 0.15) is 6.92 Å². The van der Waals surface area contributed by atoms with Crippen LogP contribution in [-0.2, 0) is 0 Å². The number of H-pyrrole nitrogens is 2. The number of aromatic nitrogens is 5.